The second-order valence-corrected chi connectivity index (χ2v) is 3.70. The molecule has 3 rings (SSSR count). The number of rotatable bonds is 0. The Kier molecular flexibility index (Phi) is 1.23. The number of aryl methyl sites for hydroxylation is 1. The van der Waals surface area contributed by atoms with Gasteiger partial charge in [-0.2, -0.15) is 0 Å². The minimum absolute atomic E-state index is 1.24. The van der Waals surface area contributed by atoms with E-state index in [-0.39, 0.29) is 0 Å². The van der Waals surface area contributed by atoms with Crippen molar-refractivity contribution in [1.82, 2.24) is 0 Å². The Balaban J connectivity index is 2.23. The van der Waals surface area contributed by atoms with Crippen molar-refractivity contribution < 1.29 is 0 Å². The number of nitrogens with zero attached hydrogens (tertiary/aromatic N) is 1. The van der Waals surface area contributed by atoms with Gasteiger partial charge in [-0.05, 0) is 48.6 Å². The molecule has 0 saturated heterocycles. The number of benzene rings is 1. The first-order chi connectivity index (χ1) is 5.95. The third kappa shape index (κ3) is 0.739. The normalized spacial score (nSPS) is 19.5. The fraction of sp³-hybridized carbons (Fsp3) is 0.455. The number of anilines is 1. The van der Waals surface area contributed by atoms with Gasteiger partial charge in [-0.1, -0.05) is 0 Å². The van der Waals surface area contributed by atoms with Crippen LogP contribution in [-0.4, -0.2) is 13.1 Å². The van der Waals surface area contributed by atoms with Crippen LogP contribution in [-0.2, 0) is 12.8 Å². The zero-order chi connectivity index (χ0) is 7.97. The van der Waals surface area contributed by atoms with Gasteiger partial charge in [-0.25, -0.2) is 0 Å². The molecule has 0 bridgehead atoms. The van der Waals surface area contributed by atoms with E-state index in [0.717, 1.165) is 0 Å². The molecule has 12 heavy (non-hydrogen) atoms. The first kappa shape index (κ1) is 6.53. The van der Waals surface area contributed by atoms with E-state index in [1.54, 1.807) is 5.69 Å². The highest BCUT2D eigenvalue weighted by Crippen LogP contribution is 2.35. The van der Waals surface area contributed by atoms with E-state index in [1.165, 1.54) is 43.5 Å². The molecule has 61 valence electrons. The maximum Gasteiger partial charge on any atom is 0.0432 e. The lowest BCUT2D eigenvalue weighted by molar-refractivity contribution is 0.719. The molecule has 1 heteroatoms. The monoisotopic (exact) mass is 158 g/mol. The van der Waals surface area contributed by atoms with Gasteiger partial charge >= 0.3 is 0 Å². The molecular formula is C11H12N. The quantitative estimate of drug-likeness (QED) is 0.556. The zero-order valence-corrected chi connectivity index (χ0v) is 7.14. The summed E-state index contributed by atoms with van der Waals surface area (Å²) in [5.74, 6) is 0. The van der Waals surface area contributed by atoms with E-state index < -0.39 is 0 Å². The van der Waals surface area contributed by atoms with Gasteiger partial charge in [0, 0.05) is 18.8 Å². The molecule has 1 nitrogen and oxygen atoms in total. The van der Waals surface area contributed by atoms with Crippen molar-refractivity contribution in [3.8, 4) is 0 Å². The summed E-state index contributed by atoms with van der Waals surface area (Å²) in [4.78, 5) is 2.53. The molecule has 0 unspecified atom stereocenters. The predicted molar refractivity (Wildman–Crippen MR) is 49.5 cm³/mol. The topological polar surface area (TPSA) is 3.24 Å². The summed E-state index contributed by atoms with van der Waals surface area (Å²) in [5, 5.41) is 0. The van der Waals surface area contributed by atoms with Crippen molar-refractivity contribution in [2.45, 2.75) is 19.3 Å². The highest BCUT2D eigenvalue weighted by atomic mass is 15.2. The summed E-state index contributed by atoms with van der Waals surface area (Å²) in [7, 11) is 0. The van der Waals surface area contributed by atoms with Crippen molar-refractivity contribution in [2.75, 3.05) is 18.0 Å². The summed E-state index contributed by atoms with van der Waals surface area (Å²) >= 11 is 0. The molecule has 0 atom stereocenters. The van der Waals surface area contributed by atoms with Crippen molar-refractivity contribution in [3.63, 3.8) is 0 Å². The second kappa shape index (κ2) is 2.25. The number of hydrogen-bond acceptors (Lipinski definition) is 1. The van der Waals surface area contributed by atoms with Gasteiger partial charge in [0.25, 0.3) is 0 Å². The largest absolute Gasteiger partial charge is 0.371 e. The summed E-state index contributed by atoms with van der Waals surface area (Å²) < 4.78 is 0. The Morgan fingerprint density at radius 1 is 1.08 bits per heavy atom. The van der Waals surface area contributed by atoms with Crippen molar-refractivity contribution >= 4 is 5.69 Å². The second-order valence-electron chi connectivity index (χ2n) is 3.70. The molecule has 2 heterocycles. The van der Waals surface area contributed by atoms with Crippen LogP contribution in [0.2, 0.25) is 0 Å². The van der Waals surface area contributed by atoms with Gasteiger partial charge in [0.05, 0.1) is 0 Å². The number of hydrogen-bond donors (Lipinski definition) is 0. The molecule has 0 amide bonds. The van der Waals surface area contributed by atoms with Crippen LogP contribution in [0.3, 0.4) is 0 Å². The molecule has 0 aliphatic carbocycles. The molecule has 0 spiro atoms. The Bertz CT molecular complexity index is 317. The smallest absolute Gasteiger partial charge is 0.0432 e. The highest BCUT2D eigenvalue weighted by Gasteiger charge is 2.24. The molecule has 0 N–H and O–H groups in total. The summed E-state index contributed by atoms with van der Waals surface area (Å²) in [6.45, 7) is 2.50. The molecule has 1 aromatic carbocycles. The van der Waals surface area contributed by atoms with E-state index in [2.05, 4.69) is 23.1 Å². The van der Waals surface area contributed by atoms with E-state index in [1.807, 2.05) is 0 Å². The van der Waals surface area contributed by atoms with Crippen LogP contribution in [0.5, 0.6) is 0 Å². The van der Waals surface area contributed by atoms with Crippen LogP contribution in [0.1, 0.15) is 17.5 Å². The maximum absolute atomic E-state index is 3.24. The fourth-order valence-corrected chi connectivity index (χ4v) is 2.42. The molecule has 1 aromatic rings. The van der Waals surface area contributed by atoms with Crippen LogP contribution in [0, 0.1) is 6.07 Å². The van der Waals surface area contributed by atoms with E-state index in [4.69, 9.17) is 0 Å². The van der Waals surface area contributed by atoms with Crippen LogP contribution in [0.15, 0.2) is 12.1 Å². The standard InChI is InChI=1S/C11H12N/c1-3-9-5-2-7-12-8-6-10(4-1)11(9)12/h3-4H,2,5-8H2. The lowest BCUT2D eigenvalue weighted by Crippen LogP contribution is -2.26. The lowest BCUT2D eigenvalue weighted by Gasteiger charge is -2.26. The van der Waals surface area contributed by atoms with Gasteiger partial charge in [-0.3, -0.25) is 0 Å². The minimum Gasteiger partial charge on any atom is -0.371 e. The van der Waals surface area contributed by atoms with Gasteiger partial charge < -0.3 is 4.90 Å². The summed E-state index contributed by atoms with van der Waals surface area (Å²) in [5.41, 5.74) is 4.59. The predicted octanol–water partition coefficient (Wildman–Crippen LogP) is 1.80. The minimum atomic E-state index is 1.24. The van der Waals surface area contributed by atoms with Crippen molar-refractivity contribution in [1.29, 1.82) is 0 Å². The average molecular weight is 158 g/mol. The Morgan fingerprint density at radius 3 is 2.83 bits per heavy atom. The van der Waals surface area contributed by atoms with Crippen LogP contribution in [0.4, 0.5) is 5.69 Å². The summed E-state index contributed by atoms with van der Waals surface area (Å²) in [6, 6.07) is 7.56. The molecule has 1 radical (unpaired) electrons. The lowest BCUT2D eigenvalue weighted by atomic mass is 10.0. The third-order valence-corrected chi connectivity index (χ3v) is 2.96. The Morgan fingerprint density at radius 2 is 1.92 bits per heavy atom. The van der Waals surface area contributed by atoms with E-state index >= 15 is 0 Å². The van der Waals surface area contributed by atoms with Gasteiger partial charge in [0.15, 0.2) is 0 Å². The molecule has 2 aliphatic rings. The highest BCUT2D eigenvalue weighted by molar-refractivity contribution is 5.64. The van der Waals surface area contributed by atoms with E-state index in [9.17, 15) is 0 Å². The van der Waals surface area contributed by atoms with Crippen LogP contribution in [0.25, 0.3) is 0 Å². The molecule has 0 aromatic heterocycles. The molecule has 0 saturated carbocycles. The molecular weight excluding hydrogens is 146 g/mol. The summed E-state index contributed by atoms with van der Waals surface area (Å²) in [6.07, 6.45) is 3.82. The Labute approximate surface area is 73.0 Å². The van der Waals surface area contributed by atoms with Crippen molar-refractivity contribution in [3.05, 3.63) is 29.3 Å². The zero-order valence-electron chi connectivity index (χ0n) is 7.14. The SMILES string of the molecule is [c]1cc2c3c(c1)CCN3CCC2. The first-order valence-corrected chi connectivity index (χ1v) is 4.72. The molecule has 2 aliphatic heterocycles. The molecule has 0 fully saturated rings. The van der Waals surface area contributed by atoms with Crippen LogP contribution < -0.4 is 4.90 Å². The Hall–Kier alpha value is -0.980. The first-order valence-electron chi connectivity index (χ1n) is 4.72. The van der Waals surface area contributed by atoms with Gasteiger partial charge in [0.2, 0.25) is 0 Å². The van der Waals surface area contributed by atoms with Gasteiger partial charge in [-0.15, -0.1) is 0 Å². The maximum atomic E-state index is 3.24. The fourth-order valence-electron chi connectivity index (χ4n) is 2.42. The third-order valence-electron chi connectivity index (χ3n) is 2.96. The van der Waals surface area contributed by atoms with Gasteiger partial charge in [0.1, 0.15) is 0 Å². The van der Waals surface area contributed by atoms with Crippen LogP contribution >= 0.6 is 0 Å². The average Bonchev–Trinajstić information content (AvgIpc) is 2.52. The van der Waals surface area contributed by atoms with Crippen molar-refractivity contribution in [2.24, 2.45) is 0 Å². The van der Waals surface area contributed by atoms with E-state index in [0.29, 0.717) is 0 Å².